The molecule has 0 saturated heterocycles. The third-order valence-corrected chi connectivity index (χ3v) is 4.74. The van der Waals surface area contributed by atoms with Crippen molar-refractivity contribution in [2.24, 2.45) is 23.7 Å². The van der Waals surface area contributed by atoms with E-state index in [-0.39, 0.29) is 0 Å². The molecule has 0 rings (SSSR count). The Balaban J connectivity index is 4.72. The van der Waals surface area contributed by atoms with E-state index >= 15 is 0 Å². The van der Waals surface area contributed by atoms with Crippen LogP contribution in [0.4, 0.5) is 0 Å². The van der Waals surface area contributed by atoms with E-state index in [9.17, 15) is 0 Å². The fraction of sp³-hybridized carbons (Fsp3) is 1.00. The lowest BCUT2D eigenvalue weighted by atomic mass is 9.70. The van der Waals surface area contributed by atoms with E-state index in [1.165, 1.54) is 51.4 Å². The summed E-state index contributed by atoms with van der Waals surface area (Å²) >= 11 is 0. The molecule has 18 heavy (non-hydrogen) atoms. The Labute approximate surface area is 117 Å². The first-order valence-electron chi connectivity index (χ1n) is 8.62. The van der Waals surface area contributed by atoms with Gasteiger partial charge in [0.05, 0.1) is 0 Å². The lowest BCUT2D eigenvalue weighted by molar-refractivity contribution is 0.141. The summed E-state index contributed by atoms with van der Waals surface area (Å²) in [5.41, 5.74) is 0. The van der Waals surface area contributed by atoms with Gasteiger partial charge >= 0.3 is 0 Å². The van der Waals surface area contributed by atoms with Gasteiger partial charge in [-0.05, 0) is 23.7 Å². The molecule has 0 aliphatic rings. The van der Waals surface area contributed by atoms with E-state index in [2.05, 4.69) is 41.5 Å². The van der Waals surface area contributed by atoms with Gasteiger partial charge in [0, 0.05) is 0 Å². The minimum atomic E-state index is 0.922. The van der Waals surface area contributed by atoms with Crippen LogP contribution in [0.2, 0.25) is 0 Å². The van der Waals surface area contributed by atoms with Crippen molar-refractivity contribution in [3.63, 3.8) is 0 Å². The highest BCUT2D eigenvalue weighted by Gasteiger charge is 2.28. The largest absolute Gasteiger partial charge is 0.0654 e. The van der Waals surface area contributed by atoms with Crippen LogP contribution in [-0.4, -0.2) is 0 Å². The average molecular weight is 255 g/mol. The molecule has 0 aliphatic carbocycles. The molecule has 0 aromatic rings. The van der Waals surface area contributed by atoms with E-state index in [1.54, 1.807) is 0 Å². The Morgan fingerprint density at radius 1 is 0.500 bits per heavy atom. The van der Waals surface area contributed by atoms with Crippen molar-refractivity contribution < 1.29 is 0 Å². The first-order chi connectivity index (χ1) is 8.62. The molecule has 0 aliphatic heterocycles. The standard InChI is InChI=1S/C18H38/c1-7-11-15(5)17(13-9-3)18(14-10-4)16(6)12-8-2/h15-18H,7-14H2,1-6H3. The van der Waals surface area contributed by atoms with Gasteiger partial charge in [0.2, 0.25) is 0 Å². The van der Waals surface area contributed by atoms with Crippen molar-refractivity contribution in [1.29, 1.82) is 0 Å². The Kier molecular flexibility index (Phi) is 10.9. The second-order valence-electron chi connectivity index (χ2n) is 6.44. The van der Waals surface area contributed by atoms with Gasteiger partial charge in [0.25, 0.3) is 0 Å². The van der Waals surface area contributed by atoms with Gasteiger partial charge in [0.15, 0.2) is 0 Å². The van der Waals surface area contributed by atoms with Crippen LogP contribution in [0.25, 0.3) is 0 Å². The fourth-order valence-corrected chi connectivity index (χ4v) is 3.85. The van der Waals surface area contributed by atoms with Crippen molar-refractivity contribution >= 4 is 0 Å². The smallest absolute Gasteiger partial charge is 0.0358 e. The molecule has 0 N–H and O–H groups in total. The molecule has 0 aromatic heterocycles. The highest BCUT2D eigenvalue weighted by Crippen LogP contribution is 2.38. The van der Waals surface area contributed by atoms with Gasteiger partial charge in [-0.25, -0.2) is 0 Å². The van der Waals surface area contributed by atoms with E-state index in [1.807, 2.05) is 0 Å². The molecule has 0 bridgehead atoms. The van der Waals surface area contributed by atoms with Gasteiger partial charge in [-0.2, -0.15) is 0 Å². The number of rotatable bonds is 11. The summed E-state index contributed by atoms with van der Waals surface area (Å²) in [6.45, 7) is 14.4. The molecule has 0 radical (unpaired) electrons. The highest BCUT2D eigenvalue weighted by molar-refractivity contribution is 4.78. The van der Waals surface area contributed by atoms with E-state index in [0.717, 1.165) is 23.7 Å². The molecule has 0 amide bonds. The lowest BCUT2D eigenvalue weighted by Gasteiger charge is -2.36. The second kappa shape index (κ2) is 10.9. The fourth-order valence-electron chi connectivity index (χ4n) is 3.85. The zero-order valence-corrected chi connectivity index (χ0v) is 14.0. The Hall–Kier alpha value is 0. The SMILES string of the molecule is CCCC(C)C(CCC)C(CCC)C(C)CCC. The molecule has 0 fully saturated rings. The van der Waals surface area contributed by atoms with Crippen LogP contribution in [0, 0.1) is 23.7 Å². The van der Waals surface area contributed by atoms with E-state index in [4.69, 9.17) is 0 Å². The van der Waals surface area contributed by atoms with Gasteiger partial charge in [-0.1, -0.05) is 92.9 Å². The Bertz CT molecular complexity index is 153. The Morgan fingerprint density at radius 3 is 1.00 bits per heavy atom. The monoisotopic (exact) mass is 254 g/mol. The molecular formula is C18H38. The van der Waals surface area contributed by atoms with E-state index < -0.39 is 0 Å². The summed E-state index contributed by atoms with van der Waals surface area (Å²) in [7, 11) is 0. The van der Waals surface area contributed by atoms with Crippen molar-refractivity contribution in [1.82, 2.24) is 0 Å². The lowest BCUT2D eigenvalue weighted by Crippen LogP contribution is -2.27. The van der Waals surface area contributed by atoms with Gasteiger partial charge in [-0.15, -0.1) is 0 Å². The van der Waals surface area contributed by atoms with Crippen LogP contribution in [0.1, 0.15) is 92.9 Å². The summed E-state index contributed by atoms with van der Waals surface area (Å²) in [6.07, 6.45) is 11.1. The minimum absolute atomic E-state index is 0.922. The third-order valence-electron chi connectivity index (χ3n) is 4.74. The number of hydrogen-bond acceptors (Lipinski definition) is 0. The van der Waals surface area contributed by atoms with Gasteiger partial charge < -0.3 is 0 Å². The Morgan fingerprint density at radius 2 is 0.778 bits per heavy atom. The number of hydrogen-bond donors (Lipinski definition) is 0. The maximum atomic E-state index is 2.51. The molecule has 0 aromatic carbocycles. The summed E-state index contributed by atoms with van der Waals surface area (Å²) in [4.78, 5) is 0. The molecule has 110 valence electrons. The van der Waals surface area contributed by atoms with Crippen LogP contribution in [0.5, 0.6) is 0 Å². The average Bonchev–Trinajstić information content (AvgIpc) is 2.34. The molecule has 4 atom stereocenters. The van der Waals surface area contributed by atoms with Crippen LogP contribution in [-0.2, 0) is 0 Å². The predicted octanol–water partition coefficient (Wildman–Crippen LogP) is 6.69. The maximum Gasteiger partial charge on any atom is -0.0358 e. The van der Waals surface area contributed by atoms with Gasteiger partial charge in [-0.3, -0.25) is 0 Å². The summed E-state index contributed by atoms with van der Waals surface area (Å²) in [5, 5.41) is 0. The van der Waals surface area contributed by atoms with Crippen molar-refractivity contribution in [3.05, 3.63) is 0 Å². The van der Waals surface area contributed by atoms with Gasteiger partial charge in [0.1, 0.15) is 0 Å². The van der Waals surface area contributed by atoms with Crippen LogP contribution < -0.4 is 0 Å². The molecule has 0 heteroatoms. The molecular weight excluding hydrogens is 216 g/mol. The quantitative estimate of drug-likeness (QED) is 0.385. The minimum Gasteiger partial charge on any atom is -0.0654 e. The second-order valence-corrected chi connectivity index (χ2v) is 6.44. The molecule has 0 nitrogen and oxygen atoms in total. The molecule has 0 heterocycles. The summed E-state index contributed by atoms with van der Waals surface area (Å²) in [6, 6.07) is 0. The zero-order chi connectivity index (χ0) is 14.0. The van der Waals surface area contributed by atoms with Crippen LogP contribution >= 0.6 is 0 Å². The third kappa shape index (κ3) is 6.25. The zero-order valence-electron chi connectivity index (χ0n) is 14.0. The van der Waals surface area contributed by atoms with Crippen molar-refractivity contribution in [3.8, 4) is 0 Å². The molecule has 4 unspecified atom stereocenters. The van der Waals surface area contributed by atoms with E-state index in [0.29, 0.717) is 0 Å². The van der Waals surface area contributed by atoms with Crippen molar-refractivity contribution in [2.45, 2.75) is 92.9 Å². The maximum absolute atomic E-state index is 2.51. The first-order valence-corrected chi connectivity index (χ1v) is 8.62. The highest BCUT2D eigenvalue weighted by atomic mass is 14.3. The molecule has 0 spiro atoms. The normalized spacial score (nSPS) is 18.3. The predicted molar refractivity (Wildman–Crippen MR) is 84.9 cm³/mol. The first kappa shape index (κ1) is 18.0. The van der Waals surface area contributed by atoms with Crippen LogP contribution in [0.15, 0.2) is 0 Å². The topological polar surface area (TPSA) is 0 Å². The summed E-state index contributed by atoms with van der Waals surface area (Å²) in [5.74, 6) is 3.78. The van der Waals surface area contributed by atoms with Crippen LogP contribution in [0.3, 0.4) is 0 Å². The summed E-state index contributed by atoms with van der Waals surface area (Å²) < 4.78 is 0. The molecule has 0 saturated carbocycles. The van der Waals surface area contributed by atoms with Crippen molar-refractivity contribution in [2.75, 3.05) is 0 Å².